The molecule has 0 bridgehead atoms. The summed E-state index contributed by atoms with van der Waals surface area (Å²) in [7, 11) is 0. The van der Waals surface area contributed by atoms with Gasteiger partial charge in [0.2, 0.25) is 0 Å². The number of ether oxygens (including phenoxy) is 1. The second-order valence-corrected chi connectivity index (χ2v) is 4.60. The number of hydrogen-bond donors (Lipinski definition) is 0. The predicted molar refractivity (Wildman–Crippen MR) is 69.1 cm³/mol. The van der Waals surface area contributed by atoms with Crippen molar-refractivity contribution in [2.45, 2.75) is 20.0 Å². The van der Waals surface area contributed by atoms with Crippen LogP contribution < -0.4 is 0 Å². The number of allylic oxidation sites excluding steroid dienone is 2. The predicted octanol–water partition coefficient (Wildman–Crippen LogP) is 3.86. The summed E-state index contributed by atoms with van der Waals surface area (Å²) in [6, 6.07) is 5.25. The van der Waals surface area contributed by atoms with E-state index in [4.69, 9.17) is 16.3 Å². The lowest BCUT2D eigenvalue weighted by molar-refractivity contribution is 0.103. The van der Waals surface area contributed by atoms with Gasteiger partial charge in [0.05, 0.1) is 11.1 Å². The normalized spacial score (nSPS) is 14.7. The third-order valence-electron chi connectivity index (χ3n) is 2.46. The molecule has 0 radical (unpaired) electrons. The molecule has 0 saturated heterocycles. The molecular formula is C14H13ClO2. The molecule has 2 rings (SSSR count). The first-order valence-electron chi connectivity index (χ1n) is 5.41. The minimum atomic E-state index is -0.0985. The standard InChI is InChI=1S/C14H13ClO2/c1-8(2)17-12-7-9(3)14(16)10-5-4-6-11(15)13(10)12/h4-8H,3H2,1-2H3. The quantitative estimate of drug-likeness (QED) is 0.743. The Hall–Kier alpha value is -1.54. The van der Waals surface area contributed by atoms with Gasteiger partial charge in [0.15, 0.2) is 5.78 Å². The van der Waals surface area contributed by atoms with E-state index >= 15 is 0 Å². The van der Waals surface area contributed by atoms with Gasteiger partial charge in [0, 0.05) is 16.7 Å². The summed E-state index contributed by atoms with van der Waals surface area (Å²) in [5.74, 6) is 0.517. The van der Waals surface area contributed by atoms with Gasteiger partial charge in [0.25, 0.3) is 0 Å². The monoisotopic (exact) mass is 248 g/mol. The van der Waals surface area contributed by atoms with Crippen LogP contribution in [0.3, 0.4) is 0 Å². The maximum absolute atomic E-state index is 11.9. The lowest BCUT2D eigenvalue weighted by atomic mass is 9.92. The van der Waals surface area contributed by atoms with E-state index < -0.39 is 0 Å². The van der Waals surface area contributed by atoms with E-state index in [0.29, 0.717) is 27.5 Å². The van der Waals surface area contributed by atoms with Crippen LogP contribution in [-0.4, -0.2) is 11.9 Å². The Bertz CT molecular complexity index is 527. The highest BCUT2D eigenvalue weighted by atomic mass is 35.5. The van der Waals surface area contributed by atoms with Crippen LogP contribution in [-0.2, 0) is 4.74 Å². The largest absolute Gasteiger partial charge is 0.490 e. The molecule has 0 fully saturated rings. The van der Waals surface area contributed by atoms with Crippen molar-refractivity contribution < 1.29 is 9.53 Å². The van der Waals surface area contributed by atoms with Gasteiger partial charge in [-0.1, -0.05) is 30.3 Å². The Labute approximate surface area is 106 Å². The van der Waals surface area contributed by atoms with E-state index in [1.165, 1.54) is 0 Å². The summed E-state index contributed by atoms with van der Waals surface area (Å²) in [5.41, 5.74) is 1.65. The van der Waals surface area contributed by atoms with Crippen LogP contribution in [0, 0.1) is 0 Å². The van der Waals surface area contributed by atoms with Crippen molar-refractivity contribution in [2.75, 3.05) is 0 Å². The molecule has 1 aromatic rings. The third kappa shape index (κ3) is 2.13. The smallest absolute Gasteiger partial charge is 0.193 e. The topological polar surface area (TPSA) is 26.3 Å². The molecule has 1 aliphatic carbocycles. The number of ketones is 1. The Balaban J connectivity index is 2.60. The van der Waals surface area contributed by atoms with Crippen molar-refractivity contribution in [1.29, 1.82) is 0 Å². The molecule has 0 N–H and O–H groups in total. The molecule has 0 spiro atoms. The van der Waals surface area contributed by atoms with Crippen molar-refractivity contribution >= 4 is 23.1 Å². The lowest BCUT2D eigenvalue weighted by Crippen LogP contribution is -2.14. The van der Waals surface area contributed by atoms with Gasteiger partial charge in [-0.05, 0) is 26.0 Å². The summed E-state index contributed by atoms with van der Waals surface area (Å²) in [4.78, 5) is 11.9. The van der Waals surface area contributed by atoms with Crippen LogP contribution in [0.2, 0.25) is 5.02 Å². The lowest BCUT2D eigenvalue weighted by Gasteiger charge is -2.21. The highest BCUT2D eigenvalue weighted by molar-refractivity contribution is 6.34. The van der Waals surface area contributed by atoms with E-state index in [0.717, 1.165) is 0 Å². The number of halogens is 1. The third-order valence-corrected chi connectivity index (χ3v) is 2.78. The van der Waals surface area contributed by atoms with Crippen molar-refractivity contribution in [3.8, 4) is 0 Å². The van der Waals surface area contributed by atoms with Gasteiger partial charge in [-0.2, -0.15) is 0 Å². The van der Waals surface area contributed by atoms with Crippen LogP contribution in [0.4, 0.5) is 0 Å². The Morgan fingerprint density at radius 3 is 2.71 bits per heavy atom. The van der Waals surface area contributed by atoms with E-state index in [-0.39, 0.29) is 11.9 Å². The van der Waals surface area contributed by atoms with Gasteiger partial charge in [-0.25, -0.2) is 0 Å². The van der Waals surface area contributed by atoms with Crippen LogP contribution in [0.1, 0.15) is 29.8 Å². The molecule has 0 aromatic heterocycles. The zero-order chi connectivity index (χ0) is 12.6. The molecule has 0 unspecified atom stereocenters. The molecule has 1 aromatic carbocycles. The van der Waals surface area contributed by atoms with E-state index in [1.54, 1.807) is 24.3 Å². The zero-order valence-electron chi connectivity index (χ0n) is 9.79. The minimum absolute atomic E-state index is 0.0198. The summed E-state index contributed by atoms with van der Waals surface area (Å²) in [6.07, 6.45) is 1.67. The average Bonchev–Trinajstić information content (AvgIpc) is 2.24. The highest BCUT2D eigenvalue weighted by Gasteiger charge is 2.25. The number of carbonyl (C=O) groups excluding carboxylic acids is 1. The Morgan fingerprint density at radius 1 is 1.35 bits per heavy atom. The minimum Gasteiger partial charge on any atom is -0.490 e. The van der Waals surface area contributed by atoms with Crippen LogP contribution in [0.15, 0.2) is 36.4 Å². The fraction of sp³-hybridized carbons (Fsp3) is 0.214. The Kier molecular flexibility index (Phi) is 3.07. The van der Waals surface area contributed by atoms with Crippen molar-refractivity contribution in [2.24, 2.45) is 0 Å². The van der Waals surface area contributed by atoms with Crippen LogP contribution in [0.25, 0.3) is 5.76 Å². The summed E-state index contributed by atoms with van der Waals surface area (Å²) in [5, 5.41) is 0.523. The maximum Gasteiger partial charge on any atom is 0.193 e. The summed E-state index contributed by atoms with van der Waals surface area (Å²) in [6.45, 7) is 7.59. The number of carbonyl (C=O) groups is 1. The van der Waals surface area contributed by atoms with Crippen molar-refractivity contribution in [3.05, 3.63) is 52.6 Å². The van der Waals surface area contributed by atoms with Crippen molar-refractivity contribution in [1.82, 2.24) is 0 Å². The van der Waals surface area contributed by atoms with E-state index in [1.807, 2.05) is 13.8 Å². The van der Waals surface area contributed by atoms with Gasteiger partial charge in [-0.3, -0.25) is 4.79 Å². The number of fused-ring (bicyclic) bond motifs is 1. The first-order chi connectivity index (χ1) is 8.00. The van der Waals surface area contributed by atoms with Crippen LogP contribution >= 0.6 is 11.6 Å². The SMILES string of the molecule is C=C1C=C(OC(C)C)c2c(Cl)cccc2C1=O. The summed E-state index contributed by atoms with van der Waals surface area (Å²) < 4.78 is 5.68. The van der Waals surface area contributed by atoms with Gasteiger partial charge in [0.1, 0.15) is 5.76 Å². The van der Waals surface area contributed by atoms with Gasteiger partial charge in [-0.15, -0.1) is 0 Å². The molecule has 2 nitrogen and oxygen atoms in total. The van der Waals surface area contributed by atoms with E-state index in [2.05, 4.69) is 6.58 Å². The van der Waals surface area contributed by atoms with Crippen LogP contribution in [0.5, 0.6) is 0 Å². The molecular weight excluding hydrogens is 236 g/mol. The molecule has 0 amide bonds. The van der Waals surface area contributed by atoms with E-state index in [9.17, 15) is 4.79 Å². The molecule has 88 valence electrons. The fourth-order valence-electron chi connectivity index (χ4n) is 1.78. The Morgan fingerprint density at radius 2 is 2.06 bits per heavy atom. The fourth-order valence-corrected chi connectivity index (χ4v) is 2.05. The number of benzene rings is 1. The molecule has 0 saturated carbocycles. The molecule has 0 aliphatic heterocycles. The number of hydrogen-bond acceptors (Lipinski definition) is 2. The number of rotatable bonds is 2. The molecule has 1 aliphatic rings. The average molecular weight is 249 g/mol. The number of Topliss-reactive ketones (excluding diaryl/α,β-unsaturated/α-hetero) is 1. The molecule has 0 heterocycles. The van der Waals surface area contributed by atoms with Gasteiger partial charge < -0.3 is 4.74 Å². The highest BCUT2D eigenvalue weighted by Crippen LogP contribution is 2.34. The molecule has 17 heavy (non-hydrogen) atoms. The van der Waals surface area contributed by atoms with Gasteiger partial charge >= 0.3 is 0 Å². The van der Waals surface area contributed by atoms with Crippen molar-refractivity contribution in [3.63, 3.8) is 0 Å². The second-order valence-electron chi connectivity index (χ2n) is 4.19. The first-order valence-corrected chi connectivity index (χ1v) is 5.79. The zero-order valence-corrected chi connectivity index (χ0v) is 10.5. The first kappa shape index (κ1) is 11.9. The second kappa shape index (κ2) is 4.38. The molecule has 3 heteroatoms. The summed E-state index contributed by atoms with van der Waals surface area (Å²) >= 11 is 6.13. The molecule has 0 atom stereocenters. The maximum atomic E-state index is 11.9.